The van der Waals surface area contributed by atoms with E-state index in [9.17, 15) is 0 Å². The van der Waals surface area contributed by atoms with Gasteiger partial charge in [0.2, 0.25) is 0 Å². The van der Waals surface area contributed by atoms with Crippen molar-refractivity contribution in [1.29, 1.82) is 0 Å². The first-order chi connectivity index (χ1) is 14.1. The average Bonchev–Trinajstić information content (AvgIpc) is 3.14. The van der Waals surface area contributed by atoms with Gasteiger partial charge in [0.25, 0.3) is 0 Å². The third-order valence-electron chi connectivity index (χ3n) is 4.90. The van der Waals surface area contributed by atoms with Crippen molar-refractivity contribution < 1.29 is 4.74 Å². The second kappa shape index (κ2) is 7.17. The minimum Gasteiger partial charge on any atom is -0.497 e. The topological polar surface area (TPSA) is 39.9 Å². The van der Waals surface area contributed by atoms with Crippen LogP contribution >= 0.6 is 27.5 Å². The van der Waals surface area contributed by atoms with Gasteiger partial charge in [0.15, 0.2) is 0 Å². The molecule has 0 aliphatic heterocycles. The maximum atomic E-state index is 6.11. The molecule has 0 spiro atoms. The molecule has 0 unspecified atom stereocenters. The van der Waals surface area contributed by atoms with Gasteiger partial charge in [-0.25, -0.2) is 4.68 Å². The van der Waals surface area contributed by atoms with Gasteiger partial charge >= 0.3 is 0 Å². The van der Waals surface area contributed by atoms with E-state index in [2.05, 4.69) is 20.9 Å². The molecule has 2 heterocycles. The van der Waals surface area contributed by atoms with Crippen molar-refractivity contribution in [1.82, 2.24) is 14.8 Å². The lowest BCUT2D eigenvalue weighted by molar-refractivity contribution is 0.415. The largest absolute Gasteiger partial charge is 0.497 e. The van der Waals surface area contributed by atoms with Gasteiger partial charge in [-0.05, 0) is 54.6 Å². The first kappa shape index (κ1) is 18.2. The number of pyridine rings is 1. The number of ether oxygens (including phenoxy) is 1. The number of methoxy groups -OCH3 is 1. The highest BCUT2D eigenvalue weighted by Crippen LogP contribution is 2.35. The molecule has 0 saturated heterocycles. The molecular formula is C23H15BrClN3O. The fourth-order valence-corrected chi connectivity index (χ4v) is 3.87. The SMILES string of the molecule is COc1ccc2ncc3c(-c4ccc(Br)cc4)nn(-c4ccc(Cl)cc4)c3c2c1. The summed E-state index contributed by atoms with van der Waals surface area (Å²) in [7, 11) is 1.67. The van der Waals surface area contributed by atoms with E-state index >= 15 is 0 Å². The summed E-state index contributed by atoms with van der Waals surface area (Å²) in [5.41, 5.74) is 4.69. The Morgan fingerprint density at radius 3 is 2.41 bits per heavy atom. The molecule has 0 fully saturated rings. The predicted molar refractivity (Wildman–Crippen MR) is 121 cm³/mol. The zero-order chi connectivity index (χ0) is 20.0. The summed E-state index contributed by atoms with van der Waals surface area (Å²) in [6, 6.07) is 21.7. The Morgan fingerprint density at radius 2 is 1.69 bits per heavy atom. The van der Waals surface area contributed by atoms with Crippen LogP contribution in [0.1, 0.15) is 0 Å². The molecule has 0 aliphatic carbocycles. The summed E-state index contributed by atoms with van der Waals surface area (Å²) >= 11 is 9.61. The van der Waals surface area contributed by atoms with Gasteiger partial charge in [-0.1, -0.05) is 39.7 Å². The van der Waals surface area contributed by atoms with Crippen LogP contribution in [0.5, 0.6) is 5.75 Å². The van der Waals surface area contributed by atoms with Crippen LogP contribution in [-0.4, -0.2) is 21.9 Å². The van der Waals surface area contributed by atoms with Gasteiger partial charge in [-0.2, -0.15) is 5.10 Å². The molecule has 142 valence electrons. The van der Waals surface area contributed by atoms with Crippen molar-refractivity contribution in [3.05, 3.63) is 82.4 Å². The van der Waals surface area contributed by atoms with Crippen LogP contribution < -0.4 is 4.74 Å². The van der Waals surface area contributed by atoms with Crippen LogP contribution in [0.3, 0.4) is 0 Å². The lowest BCUT2D eigenvalue weighted by Crippen LogP contribution is -1.97. The molecule has 0 bridgehead atoms. The van der Waals surface area contributed by atoms with Crippen molar-refractivity contribution in [2.45, 2.75) is 0 Å². The number of hydrogen-bond donors (Lipinski definition) is 0. The fourth-order valence-electron chi connectivity index (χ4n) is 3.48. The van der Waals surface area contributed by atoms with E-state index < -0.39 is 0 Å². The highest BCUT2D eigenvalue weighted by molar-refractivity contribution is 9.10. The average molecular weight is 465 g/mol. The van der Waals surface area contributed by atoms with Crippen LogP contribution in [0.2, 0.25) is 5.02 Å². The Kier molecular flexibility index (Phi) is 4.49. The standard InChI is InChI=1S/C23H15BrClN3O/c1-29-18-10-11-21-19(12-18)23-20(13-26-21)22(14-2-4-15(24)5-3-14)27-28(23)17-8-6-16(25)7-9-17/h2-13H,1H3. The molecule has 4 nitrogen and oxygen atoms in total. The first-order valence-electron chi connectivity index (χ1n) is 9.01. The van der Waals surface area contributed by atoms with E-state index in [4.69, 9.17) is 21.4 Å². The van der Waals surface area contributed by atoms with Crippen molar-refractivity contribution in [2.75, 3.05) is 7.11 Å². The highest BCUT2D eigenvalue weighted by atomic mass is 79.9. The molecule has 5 rings (SSSR count). The summed E-state index contributed by atoms with van der Waals surface area (Å²) in [6.45, 7) is 0. The number of nitrogens with zero attached hydrogens (tertiary/aromatic N) is 3. The van der Waals surface area contributed by atoms with Gasteiger partial charge in [0.1, 0.15) is 11.4 Å². The van der Waals surface area contributed by atoms with E-state index in [1.54, 1.807) is 7.11 Å². The van der Waals surface area contributed by atoms with E-state index in [1.165, 1.54) is 0 Å². The second-order valence-electron chi connectivity index (χ2n) is 6.65. The Bertz CT molecular complexity index is 1350. The smallest absolute Gasteiger partial charge is 0.119 e. The zero-order valence-electron chi connectivity index (χ0n) is 15.4. The highest BCUT2D eigenvalue weighted by Gasteiger charge is 2.17. The van der Waals surface area contributed by atoms with E-state index in [-0.39, 0.29) is 0 Å². The number of fused-ring (bicyclic) bond motifs is 3. The number of halogens is 2. The lowest BCUT2D eigenvalue weighted by atomic mass is 10.1. The molecule has 0 aliphatic rings. The number of hydrogen-bond acceptors (Lipinski definition) is 3. The number of rotatable bonds is 3. The predicted octanol–water partition coefficient (Wildman–Crippen LogP) is 6.67. The van der Waals surface area contributed by atoms with E-state index in [1.807, 2.05) is 77.6 Å². The van der Waals surface area contributed by atoms with Gasteiger partial charge in [-0.15, -0.1) is 0 Å². The van der Waals surface area contributed by atoms with Crippen LogP contribution in [0, 0.1) is 0 Å². The second-order valence-corrected chi connectivity index (χ2v) is 8.00. The maximum absolute atomic E-state index is 6.11. The molecule has 0 radical (unpaired) electrons. The molecule has 0 amide bonds. The molecular weight excluding hydrogens is 450 g/mol. The first-order valence-corrected chi connectivity index (χ1v) is 10.2. The van der Waals surface area contributed by atoms with Crippen LogP contribution in [0.15, 0.2) is 77.4 Å². The maximum Gasteiger partial charge on any atom is 0.119 e. The minimum absolute atomic E-state index is 0.687. The summed E-state index contributed by atoms with van der Waals surface area (Å²) in [6.07, 6.45) is 1.89. The van der Waals surface area contributed by atoms with Crippen LogP contribution in [0.25, 0.3) is 38.8 Å². The number of aromatic nitrogens is 3. The van der Waals surface area contributed by atoms with Gasteiger partial charge in [0.05, 0.1) is 23.8 Å². The molecule has 0 N–H and O–H groups in total. The molecule has 0 saturated carbocycles. The minimum atomic E-state index is 0.687. The van der Waals surface area contributed by atoms with Crippen LogP contribution in [-0.2, 0) is 0 Å². The van der Waals surface area contributed by atoms with Gasteiger partial charge < -0.3 is 4.74 Å². The molecule has 0 atom stereocenters. The lowest BCUT2D eigenvalue weighted by Gasteiger charge is -2.07. The fraction of sp³-hybridized carbons (Fsp3) is 0.0435. The Hall–Kier alpha value is -2.89. The number of benzene rings is 3. The third kappa shape index (κ3) is 3.16. The van der Waals surface area contributed by atoms with E-state index in [0.29, 0.717) is 5.02 Å². The van der Waals surface area contributed by atoms with E-state index in [0.717, 1.165) is 49.0 Å². The zero-order valence-corrected chi connectivity index (χ0v) is 17.8. The van der Waals surface area contributed by atoms with Crippen LogP contribution in [0.4, 0.5) is 0 Å². The summed E-state index contributed by atoms with van der Waals surface area (Å²) in [5, 5.41) is 7.61. The normalized spacial score (nSPS) is 11.3. The summed E-state index contributed by atoms with van der Waals surface area (Å²) < 4.78 is 8.43. The molecule has 6 heteroatoms. The summed E-state index contributed by atoms with van der Waals surface area (Å²) in [5.74, 6) is 0.779. The molecule has 5 aromatic rings. The van der Waals surface area contributed by atoms with Gasteiger partial charge in [-0.3, -0.25) is 4.98 Å². The van der Waals surface area contributed by atoms with Crippen molar-refractivity contribution in [2.24, 2.45) is 0 Å². The Labute approximate surface area is 180 Å². The quantitative estimate of drug-likeness (QED) is 0.299. The molecule has 2 aromatic heterocycles. The Morgan fingerprint density at radius 1 is 0.931 bits per heavy atom. The van der Waals surface area contributed by atoms with Crippen molar-refractivity contribution in [3.63, 3.8) is 0 Å². The monoisotopic (exact) mass is 463 g/mol. The molecule has 3 aromatic carbocycles. The van der Waals surface area contributed by atoms with Crippen molar-refractivity contribution >= 4 is 49.3 Å². The third-order valence-corrected chi connectivity index (χ3v) is 5.68. The summed E-state index contributed by atoms with van der Waals surface area (Å²) in [4.78, 5) is 4.67. The molecule has 29 heavy (non-hydrogen) atoms. The van der Waals surface area contributed by atoms with Gasteiger partial charge in [0, 0.05) is 32.0 Å². The Balaban J connectivity index is 1.88. The van der Waals surface area contributed by atoms with Crippen molar-refractivity contribution in [3.8, 4) is 22.7 Å².